The molecule has 1 aromatic carbocycles. The number of nitrogen functional groups attached to an aromatic ring is 1. The molecule has 108 valence electrons. The molecule has 0 bridgehead atoms. The van der Waals surface area contributed by atoms with Gasteiger partial charge in [0.1, 0.15) is 17.1 Å². The molecule has 0 saturated heterocycles. The molecule has 0 atom stereocenters. The zero-order valence-corrected chi connectivity index (χ0v) is 10.6. The van der Waals surface area contributed by atoms with Crippen LogP contribution in [0.3, 0.4) is 0 Å². The maximum atomic E-state index is 13.5. The van der Waals surface area contributed by atoms with Gasteiger partial charge in [-0.1, -0.05) is 0 Å². The highest BCUT2D eigenvalue weighted by atomic mass is 19.1. The molecule has 20 heavy (non-hydrogen) atoms. The third kappa shape index (κ3) is 3.64. The number of benzene rings is 1. The summed E-state index contributed by atoms with van der Waals surface area (Å²) in [6, 6.07) is 1.69. The van der Waals surface area contributed by atoms with Crippen LogP contribution in [0.25, 0.3) is 0 Å². The molecule has 0 unspecified atom stereocenters. The summed E-state index contributed by atoms with van der Waals surface area (Å²) in [5.74, 6) is -2.11. The highest BCUT2D eigenvalue weighted by molar-refractivity contribution is 6.01. The molecule has 0 radical (unpaired) electrons. The minimum absolute atomic E-state index is 0.0417. The predicted molar refractivity (Wildman–Crippen MR) is 68.5 cm³/mol. The van der Waals surface area contributed by atoms with Crippen molar-refractivity contribution < 1.29 is 18.9 Å². The van der Waals surface area contributed by atoms with Crippen LogP contribution in [0.15, 0.2) is 12.1 Å². The Morgan fingerprint density at radius 3 is 2.50 bits per heavy atom. The zero-order chi connectivity index (χ0) is 15.3. The van der Waals surface area contributed by atoms with E-state index in [9.17, 15) is 24.1 Å². The summed E-state index contributed by atoms with van der Waals surface area (Å²) in [6.07, 6.45) is 0. The van der Waals surface area contributed by atoms with Gasteiger partial charge in [0.25, 0.3) is 11.6 Å². The number of halogens is 1. The summed E-state index contributed by atoms with van der Waals surface area (Å²) in [5, 5.41) is 15.4. The summed E-state index contributed by atoms with van der Waals surface area (Å²) in [4.78, 5) is 32.2. The Balaban J connectivity index is 2.84. The lowest BCUT2D eigenvalue weighted by atomic mass is 10.1. The molecular weight excluding hydrogens is 271 g/mol. The Bertz CT molecular complexity index is 562. The summed E-state index contributed by atoms with van der Waals surface area (Å²) >= 11 is 0. The molecular formula is C11H13FN4O4. The van der Waals surface area contributed by atoms with Crippen molar-refractivity contribution in [1.82, 2.24) is 10.6 Å². The van der Waals surface area contributed by atoms with Crippen LogP contribution in [0.5, 0.6) is 0 Å². The Kier molecular flexibility index (Phi) is 4.95. The van der Waals surface area contributed by atoms with Gasteiger partial charge in [-0.15, -0.1) is 0 Å². The number of nitrogens with zero attached hydrogens (tertiary/aromatic N) is 1. The van der Waals surface area contributed by atoms with Gasteiger partial charge in [0, 0.05) is 26.1 Å². The fourth-order valence-electron chi connectivity index (χ4n) is 1.47. The normalized spacial score (nSPS) is 9.90. The predicted octanol–water partition coefficient (Wildman–Crippen LogP) is 0.182. The van der Waals surface area contributed by atoms with Crippen molar-refractivity contribution in [2.75, 3.05) is 18.8 Å². The molecule has 0 heterocycles. The largest absolute Gasteiger partial charge is 0.392 e. The number of amides is 2. The molecule has 1 rings (SSSR count). The third-order valence-corrected chi connectivity index (χ3v) is 2.38. The Morgan fingerprint density at radius 1 is 1.35 bits per heavy atom. The number of nitro groups is 1. The van der Waals surface area contributed by atoms with Gasteiger partial charge < -0.3 is 16.4 Å². The lowest BCUT2D eigenvalue weighted by Gasteiger charge is -2.09. The van der Waals surface area contributed by atoms with E-state index in [0.717, 1.165) is 12.1 Å². The van der Waals surface area contributed by atoms with E-state index in [-0.39, 0.29) is 19.0 Å². The fourth-order valence-corrected chi connectivity index (χ4v) is 1.47. The number of carbonyl (C=O) groups excluding carboxylic acids is 2. The topological polar surface area (TPSA) is 127 Å². The van der Waals surface area contributed by atoms with Crippen molar-refractivity contribution in [2.24, 2.45) is 0 Å². The summed E-state index contributed by atoms with van der Waals surface area (Å²) in [6.45, 7) is 1.50. The fraction of sp³-hybridized carbons (Fsp3) is 0.273. The Morgan fingerprint density at radius 2 is 1.95 bits per heavy atom. The van der Waals surface area contributed by atoms with Crippen LogP contribution >= 0.6 is 0 Å². The standard InChI is InChI=1S/C11H13FN4O4/c1-6(17)14-4-5-15-11(18)9-7(12)2-3-8(10(9)13)16(19)20/h2-3H,4-5,13H2,1H3,(H,14,17)(H,15,18). The maximum absolute atomic E-state index is 13.5. The van der Waals surface area contributed by atoms with E-state index >= 15 is 0 Å². The first-order chi connectivity index (χ1) is 9.34. The summed E-state index contributed by atoms with van der Waals surface area (Å²) in [5.41, 5.74) is 3.77. The number of hydrogen-bond acceptors (Lipinski definition) is 5. The van der Waals surface area contributed by atoms with Crippen LogP contribution < -0.4 is 16.4 Å². The molecule has 0 aliphatic heterocycles. The van der Waals surface area contributed by atoms with Gasteiger partial charge in [0.05, 0.1) is 4.92 Å². The second kappa shape index (κ2) is 6.45. The van der Waals surface area contributed by atoms with Crippen LogP contribution in [0, 0.1) is 15.9 Å². The second-order valence-electron chi connectivity index (χ2n) is 3.85. The third-order valence-electron chi connectivity index (χ3n) is 2.38. The van der Waals surface area contributed by atoms with Gasteiger partial charge in [-0.2, -0.15) is 0 Å². The number of nitrogens with two attached hydrogens (primary N) is 1. The molecule has 9 heteroatoms. The molecule has 0 saturated carbocycles. The monoisotopic (exact) mass is 284 g/mol. The molecule has 0 aliphatic carbocycles. The quantitative estimate of drug-likeness (QED) is 0.307. The minimum Gasteiger partial charge on any atom is -0.392 e. The Hall–Kier alpha value is -2.71. The van der Waals surface area contributed by atoms with Crippen molar-refractivity contribution in [2.45, 2.75) is 6.92 Å². The average molecular weight is 284 g/mol. The molecule has 8 nitrogen and oxygen atoms in total. The highest BCUT2D eigenvalue weighted by Crippen LogP contribution is 2.27. The number of nitro benzene ring substituents is 1. The summed E-state index contributed by atoms with van der Waals surface area (Å²) < 4.78 is 13.5. The van der Waals surface area contributed by atoms with Gasteiger partial charge in [-0.05, 0) is 6.07 Å². The van der Waals surface area contributed by atoms with E-state index in [1.54, 1.807) is 0 Å². The SMILES string of the molecule is CC(=O)NCCNC(=O)c1c(F)ccc([N+](=O)[O-])c1N. The molecule has 4 N–H and O–H groups in total. The lowest BCUT2D eigenvalue weighted by Crippen LogP contribution is -2.34. The van der Waals surface area contributed by atoms with Gasteiger partial charge in [-0.25, -0.2) is 4.39 Å². The number of rotatable bonds is 5. The van der Waals surface area contributed by atoms with Gasteiger partial charge in [0.2, 0.25) is 5.91 Å². The molecule has 0 fully saturated rings. The first-order valence-electron chi connectivity index (χ1n) is 5.59. The van der Waals surface area contributed by atoms with Crippen molar-refractivity contribution in [3.8, 4) is 0 Å². The van der Waals surface area contributed by atoms with E-state index in [4.69, 9.17) is 5.73 Å². The molecule has 0 aliphatic rings. The van der Waals surface area contributed by atoms with Crippen molar-refractivity contribution in [3.05, 3.63) is 33.6 Å². The van der Waals surface area contributed by atoms with E-state index < -0.39 is 33.6 Å². The first-order valence-corrected chi connectivity index (χ1v) is 5.59. The van der Waals surface area contributed by atoms with Crippen LogP contribution in [0.2, 0.25) is 0 Å². The lowest BCUT2D eigenvalue weighted by molar-refractivity contribution is -0.384. The van der Waals surface area contributed by atoms with Gasteiger partial charge >= 0.3 is 0 Å². The highest BCUT2D eigenvalue weighted by Gasteiger charge is 2.23. The molecule has 1 aromatic rings. The number of anilines is 1. The van der Waals surface area contributed by atoms with Gasteiger partial charge in [-0.3, -0.25) is 19.7 Å². The van der Waals surface area contributed by atoms with Gasteiger partial charge in [0.15, 0.2) is 0 Å². The molecule has 2 amide bonds. The van der Waals surface area contributed by atoms with E-state index in [2.05, 4.69) is 10.6 Å². The molecule has 0 spiro atoms. The van der Waals surface area contributed by atoms with Crippen molar-refractivity contribution >= 4 is 23.2 Å². The minimum atomic E-state index is -0.954. The maximum Gasteiger partial charge on any atom is 0.293 e. The van der Waals surface area contributed by atoms with Crippen molar-refractivity contribution in [1.29, 1.82) is 0 Å². The van der Waals surface area contributed by atoms with Crippen molar-refractivity contribution in [3.63, 3.8) is 0 Å². The molecule has 0 aromatic heterocycles. The zero-order valence-electron chi connectivity index (χ0n) is 10.6. The van der Waals surface area contributed by atoms with E-state index in [0.29, 0.717) is 0 Å². The number of hydrogen-bond donors (Lipinski definition) is 3. The van der Waals surface area contributed by atoms with Crippen LogP contribution in [-0.2, 0) is 4.79 Å². The first kappa shape index (κ1) is 15.3. The van der Waals surface area contributed by atoms with E-state index in [1.165, 1.54) is 6.92 Å². The number of nitrogens with one attached hydrogen (secondary N) is 2. The number of carbonyl (C=O) groups is 2. The van der Waals surface area contributed by atoms with Crippen LogP contribution in [0.4, 0.5) is 15.8 Å². The van der Waals surface area contributed by atoms with Crippen LogP contribution in [-0.4, -0.2) is 29.8 Å². The van der Waals surface area contributed by atoms with Crippen LogP contribution in [0.1, 0.15) is 17.3 Å². The average Bonchev–Trinajstić information content (AvgIpc) is 2.34. The second-order valence-corrected chi connectivity index (χ2v) is 3.85. The smallest absolute Gasteiger partial charge is 0.293 e. The summed E-state index contributed by atoms with van der Waals surface area (Å²) in [7, 11) is 0. The van der Waals surface area contributed by atoms with E-state index in [1.807, 2.05) is 0 Å². The Labute approximate surface area is 113 Å².